The SMILES string of the molecule is Cc1cc2cn[nH]c(=O)c3ccc(cc3)c(=O)[nH]ncc3cc(C)cc(cn[nH]c(=O)c4ccc(cc4)c(=O)[nH]ncc(c1)c2[O-])c3[O-].[Cl][Cu+].[Cl][Cu+]. The molecule has 0 atom stereocenters. The van der Waals surface area contributed by atoms with E-state index in [0.717, 1.165) is 0 Å². The van der Waals surface area contributed by atoms with Crippen molar-refractivity contribution in [2.24, 2.45) is 0 Å². The topological polar surface area (TPSA) is 229 Å². The van der Waals surface area contributed by atoms with Crippen LogP contribution in [0.15, 0.2) is 117 Å². The van der Waals surface area contributed by atoms with E-state index in [4.69, 9.17) is 0 Å². The molecule has 0 fully saturated rings. The Morgan fingerprint density at radius 2 is 0.615 bits per heavy atom. The van der Waals surface area contributed by atoms with Crippen LogP contribution >= 0.6 is 20.2 Å². The van der Waals surface area contributed by atoms with Gasteiger partial charge in [-0.3, -0.25) is 19.2 Å². The summed E-state index contributed by atoms with van der Waals surface area (Å²) in [5.74, 6) is -0.887. The van der Waals surface area contributed by atoms with Crippen molar-refractivity contribution in [1.82, 2.24) is 40.8 Å². The summed E-state index contributed by atoms with van der Waals surface area (Å²) in [5, 5.41) is 52.2. The van der Waals surface area contributed by atoms with Gasteiger partial charge in [-0.15, -0.1) is 0 Å². The molecule has 18 heteroatoms. The monoisotopic (exact) mass is 838 g/mol. The Labute approximate surface area is 318 Å². The van der Waals surface area contributed by atoms with E-state index in [1.807, 2.05) is 0 Å². The van der Waals surface area contributed by atoms with E-state index in [1.54, 1.807) is 38.1 Å². The molecule has 0 aliphatic heterocycles. The average molecular weight is 841 g/mol. The third-order valence-corrected chi connectivity index (χ3v) is 6.88. The van der Waals surface area contributed by atoms with Crippen LogP contribution in [0.5, 0.6) is 11.5 Å². The van der Waals surface area contributed by atoms with Gasteiger partial charge in [0, 0.05) is 21.5 Å². The number of benzene rings is 4. The molecule has 8 aromatic rings. The van der Waals surface area contributed by atoms with Crippen molar-refractivity contribution in [3.05, 3.63) is 150 Å². The Morgan fingerprint density at radius 3 is 0.808 bits per heavy atom. The quantitative estimate of drug-likeness (QED) is 0.165. The maximum atomic E-state index is 12.9. The van der Waals surface area contributed by atoms with Crippen molar-refractivity contribution >= 4 is 63.3 Å². The molecule has 52 heavy (non-hydrogen) atoms. The molecule has 4 aromatic carbocycles. The molecule has 8 rings (SSSR count). The number of aromatic nitrogens is 8. The first-order chi connectivity index (χ1) is 25.1. The summed E-state index contributed by atoms with van der Waals surface area (Å²) in [5.41, 5.74) is -0.946. The Hall–Kier alpha value is -5.34. The van der Waals surface area contributed by atoms with Crippen LogP contribution < -0.4 is 32.5 Å². The minimum absolute atomic E-state index is 0.166. The molecule has 0 saturated carbocycles. The van der Waals surface area contributed by atoms with E-state index in [-0.39, 0.29) is 43.1 Å². The number of halogens is 2. The van der Waals surface area contributed by atoms with Gasteiger partial charge in [0.05, 0.1) is 24.8 Å². The summed E-state index contributed by atoms with van der Waals surface area (Å²) in [7, 11) is 8.40. The zero-order valence-corrected chi connectivity index (χ0v) is 30.2. The number of aryl methyl sites for hydroxylation is 2. The summed E-state index contributed by atoms with van der Waals surface area (Å²) in [4.78, 5) is 50.4. The van der Waals surface area contributed by atoms with Crippen molar-refractivity contribution in [1.29, 1.82) is 0 Å². The third-order valence-electron chi connectivity index (χ3n) is 6.88. The Bertz CT molecular complexity index is 2260. The number of hydrogen-bond donors (Lipinski definition) is 4. The molecule has 4 aromatic heterocycles. The Kier molecular flexibility index (Phi) is 16.2. The summed E-state index contributed by atoms with van der Waals surface area (Å²) in [6, 6.07) is 17.6. The maximum absolute atomic E-state index is 12.9. The second kappa shape index (κ2) is 20.5. The fourth-order valence-corrected chi connectivity index (χ4v) is 4.49. The first-order valence-corrected chi connectivity index (χ1v) is 17.1. The van der Waals surface area contributed by atoms with Gasteiger partial charge in [0.2, 0.25) is 0 Å². The zero-order chi connectivity index (χ0) is 38.2. The summed E-state index contributed by atoms with van der Waals surface area (Å²) >= 11 is 7.32. The van der Waals surface area contributed by atoms with E-state index in [1.165, 1.54) is 73.3 Å². The van der Waals surface area contributed by atoms with Crippen LogP contribution in [0.2, 0.25) is 0 Å². The van der Waals surface area contributed by atoms with E-state index in [9.17, 15) is 29.4 Å². The number of aromatic amines is 4. The molecule has 0 aliphatic rings. The predicted octanol–water partition coefficient (Wildman–Crippen LogP) is 3.83. The van der Waals surface area contributed by atoms with E-state index < -0.39 is 33.7 Å². The first kappa shape index (κ1) is 41.1. The summed E-state index contributed by atoms with van der Waals surface area (Å²) < 4.78 is 0. The molecule has 4 N–H and O–H groups in total. The molecule has 4 heterocycles. The van der Waals surface area contributed by atoms with Gasteiger partial charge in [-0.25, -0.2) is 20.4 Å². The van der Waals surface area contributed by atoms with Crippen molar-refractivity contribution in [2.45, 2.75) is 13.8 Å². The number of nitrogens with one attached hydrogen (secondary N) is 4. The summed E-state index contributed by atoms with van der Waals surface area (Å²) in [6.07, 6.45) is 4.76. The van der Waals surface area contributed by atoms with E-state index in [2.05, 4.69) is 91.2 Å². The van der Waals surface area contributed by atoms with Crippen LogP contribution in [0, 0.1) is 13.8 Å². The fourth-order valence-electron chi connectivity index (χ4n) is 4.49. The number of H-pyrrole nitrogens is 4. The molecule has 0 radical (unpaired) electrons. The number of rotatable bonds is 0. The normalized spacial score (nSPS) is 9.85. The van der Waals surface area contributed by atoms with Gasteiger partial charge < -0.3 is 10.2 Å². The number of nitrogens with zero attached hydrogens (tertiary/aromatic N) is 4. The Balaban J connectivity index is 0.00000176. The average Bonchev–Trinajstić information content (AvgIpc) is 3.16. The molecule has 0 aliphatic carbocycles. The molecule has 0 amide bonds. The van der Waals surface area contributed by atoms with Crippen molar-refractivity contribution in [3.8, 4) is 11.5 Å². The third kappa shape index (κ3) is 11.3. The summed E-state index contributed by atoms with van der Waals surface area (Å²) in [6.45, 7) is 3.51. The van der Waals surface area contributed by atoms with Gasteiger partial charge in [0.25, 0.3) is 22.2 Å². The fraction of sp³-hybridized carbons (Fsp3) is 0.0588. The van der Waals surface area contributed by atoms with Crippen LogP contribution in [0.3, 0.4) is 0 Å². The minimum atomic E-state index is -0.588. The van der Waals surface area contributed by atoms with Crippen LogP contribution in [0.25, 0.3) is 43.1 Å². The Morgan fingerprint density at radius 1 is 0.423 bits per heavy atom. The van der Waals surface area contributed by atoms with Crippen molar-refractivity contribution in [3.63, 3.8) is 0 Å². The van der Waals surface area contributed by atoms with Gasteiger partial charge in [-0.2, -0.15) is 20.4 Å². The van der Waals surface area contributed by atoms with Gasteiger partial charge in [0.15, 0.2) is 0 Å². The molecule has 0 saturated heterocycles. The molecule has 14 nitrogen and oxygen atoms in total. The predicted molar refractivity (Wildman–Crippen MR) is 190 cm³/mol. The molecular formula is C34H26Cl2Cu2N8O6. The zero-order valence-electron chi connectivity index (χ0n) is 26.8. The number of hydrogen-bond acceptors (Lipinski definition) is 10. The second-order valence-corrected chi connectivity index (χ2v) is 10.5. The van der Waals surface area contributed by atoms with Crippen LogP contribution in [-0.4, -0.2) is 40.8 Å². The van der Waals surface area contributed by atoms with Crippen LogP contribution in [-0.2, 0) is 30.2 Å². The van der Waals surface area contributed by atoms with Crippen molar-refractivity contribution < 1.29 is 40.4 Å². The van der Waals surface area contributed by atoms with Crippen LogP contribution in [0.1, 0.15) is 11.1 Å². The second-order valence-electron chi connectivity index (χ2n) is 10.5. The molecular weight excluding hydrogens is 814 g/mol. The molecule has 274 valence electrons. The van der Waals surface area contributed by atoms with Gasteiger partial charge in [0.1, 0.15) is 0 Å². The van der Waals surface area contributed by atoms with Gasteiger partial charge >= 0.3 is 50.4 Å². The molecule has 0 unspecified atom stereocenters. The van der Waals surface area contributed by atoms with E-state index in [0.29, 0.717) is 11.1 Å². The van der Waals surface area contributed by atoms with Crippen LogP contribution in [0.4, 0.5) is 0 Å². The molecule has 0 spiro atoms. The van der Waals surface area contributed by atoms with Gasteiger partial charge in [-0.1, -0.05) is 35.8 Å². The van der Waals surface area contributed by atoms with E-state index >= 15 is 0 Å². The first-order valence-electron chi connectivity index (χ1n) is 14.5. The standard InChI is InChI=1S/C34H28N8O6.2ClH.2Cu/c1-19-11-25-15-35-39-31(45)21-3-7-23(8-4-21)33(47)41-37-17-27-13-20(2)14-28(30(27)44)18-38-42-34(48)24-9-5-22(6-10-24)32(46)40-36-16-26(12-19)29(25)43;;;;/h3-18,43-44H,1-2H3,(H,39,45)(H,40,46)(H,41,47)(H,42,48);2*1H;;/q;;;2*+2/p-4. The molecule has 8 bridgehead atoms. The van der Waals surface area contributed by atoms with Gasteiger partial charge in [-0.05, 0) is 95.1 Å². The van der Waals surface area contributed by atoms with Crippen molar-refractivity contribution in [2.75, 3.05) is 0 Å².